The summed E-state index contributed by atoms with van der Waals surface area (Å²) in [5, 5.41) is 6.47. The molecule has 0 aliphatic rings. The number of halogens is 5. The number of carbonyl (C=O) groups is 1. The van der Waals surface area contributed by atoms with Crippen LogP contribution in [0.1, 0.15) is 27.0 Å². The van der Waals surface area contributed by atoms with Crippen LogP contribution in [-0.2, 0) is 12.8 Å². The van der Waals surface area contributed by atoms with Gasteiger partial charge in [-0.05, 0) is 58.3 Å². The number of ether oxygens (including phenoxy) is 1. The van der Waals surface area contributed by atoms with Crippen LogP contribution in [0.5, 0.6) is 5.75 Å². The van der Waals surface area contributed by atoms with Crippen molar-refractivity contribution in [2.24, 2.45) is 5.10 Å². The first kappa shape index (κ1) is 24.6. The number of nitrogens with one attached hydrogen (secondary N) is 1. The van der Waals surface area contributed by atoms with Crippen LogP contribution in [0.25, 0.3) is 10.8 Å². The van der Waals surface area contributed by atoms with E-state index in [2.05, 4.69) is 10.5 Å². The van der Waals surface area contributed by atoms with E-state index in [1.54, 1.807) is 12.1 Å². The molecule has 0 radical (unpaired) electrons. The van der Waals surface area contributed by atoms with Gasteiger partial charge >= 0.3 is 6.18 Å². The van der Waals surface area contributed by atoms with Gasteiger partial charge in [-0.2, -0.15) is 18.3 Å². The maximum absolute atomic E-state index is 12.8. The molecule has 178 valence electrons. The highest BCUT2D eigenvalue weighted by Gasteiger charge is 2.30. The Morgan fingerprint density at radius 2 is 1.63 bits per heavy atom. The van der Waals surface area contributed by atoms with Crippen LogP contribution in [0.4, 0.5) is 13.2 Å². The molecule has 4 aromatic carbocycles. The minimum atomic E-state index is -4.55. The number of hydrogen-bond acceptors (Lipinski definition) is 3. The Morgan fingerprint density at radius 3 is 2.34 bits per heavy atom. The number of nitrogens with zero attached hydrogens (tertiary/aromatic N) is 1. The third-order valence-electron chi connectivity index (χ3n) is 5.05. The zero-order valence-electron chi connectivity index (χ0n) is 17.9. The number of rotatable bonds is 6. The van der Waals surface area contributed by atoms with Crippen molar-refractivity contribution in [2.75, 3.05) is 0 Å². The number of amides is 1. The Kier molecular flexibility index (Phi) is 7.28. The van der Waals surface area contributed by atoms with Crippen molar-refractivity contribution in [3.8, 4) is 5.75 Å². The fourth-order valence-corrected chi connectivity index (χ4v) is 3.96. The summed E-state index contributed by atoms with van der Waals surface area (Å²) in [7, 11) is 0. The lowest BCUT2D eigenvalue weighted by Gasteiger charge is -2.11. The summed E-state index contributed by atoms with van der Waals surface area (Å²) in [5.41, 5.74) is 2.49. The molecular formula is C26H17Cl2F3N2O2. The SMILES string of the molecule is O=C(N/N=C\c1cc(Cl)c(OCc2ccc3ccccc3c2)c(Cl)c1)c1cccc(C(F)(F)F)c1. The van der Waals surface area contributed by atoms with E-state index < -0.39 is 17.6 Å². The second-order valence-corrected chi connectivity index (χ2v) is 8.38. The van der Waals surface area contributed by atoms with Gasteiger partial charge in [-0.3, -0.25) is 4.79 Å². The standard InChI is InChI=1S/C26H17Cl2F3N2O2/c27-22-11-17(14-32-33-25(34)20-6-3-7-21(13-20)26(29,30)31)12-23(28)24(22)35-15-16-8-9-18-4-1-2-5-19(18)10-16/h1-14H,15H2,(H,33,34)/b32-14-. The number of carbonyl (C=O) groups excluding carboxylic acids is 1. The van der Waals surface area contributed by atoms with Crippen molar-refractivity contribution >= 4 is 46.1 Å². The van der Waals surface area contributed by atoms with E-state index in [1.165, 1.54) is 12.3 Å². The predicted octanol–water partition coefficient (Wildman–Crippen LogP) is 7.51. The quantitative estimate of drug-likeness (QED) is 0.213. The van der Waals surface area contributed by atoms with Crippen LogP contribution in [0.2, 0.25) is 10.0 Å². The molecule has 0 aliphatic carbocycles. The number of alkyl halides is 3. The molecule has 4 aromatic rings. The second-order valence-electron chi connectivity index (χ2n) is 7.56. The number of hydrazone groups is 1. The van der Waals surface area contributed by atoms with E-state index >= 15 is 0 Å². The van der Waals surface area contributed by atoms with Crippen molar-refractivity contribution in [2.45, 2.75) is 12.8 Å². The van der Waals surface area contributed by atoms with Gasteiger partial charge in [0.15, 0.2) is 5.75 Å². The highest BCUT2D eigenvalue weighted by Crippen LogP contribution is 2.34. The average Bonchev–Trinajstić information content (AvgIpc) is 2.83. The normalized spacial score (nSPS) is 11.7. The van der Waals surface area contributed by atoms with Crippen LogP contribution in [-0.4, -0.2) is 12.1 Å². The molecular weight excluding hydrogens is 500 g/mol. The lowest BCUT2D eigenvalue weighted by Crippen LogP contribution is -2.18. The molecule has 0 fully saturated rings. The van der Waals surface area contributed by atoms with Crippen LogP contribution < -0.4 is 10.2 Å². The van der Waals surface area contributed by atoms with Crippen molar-refractivity contribution in [3.63, 3.8) is 0 Å². The molecule has 0 saturated carbocycles. The van der Waals surface area contributed by atoms with E-state index in [9.17, 15) is 18.0 Å². The molecule has 0 atom stereocenters. The molecule has 35 heavy (non-hydrogen) atoms. The maximum Gasteiger partial charge on any atom is 0.416 e. The summed E-state index contributed by atoms with van der Waals surface area (Å²) in [6, 6.07) is 21.1. The van der Waals surface area contributed by atoms with E-state index in [-0.39, 0.29) is 22.2 Å². The van der Waals surface area contributed by atoms with Crippen LogP contribution in [0.15, 0.2) is 84.0 Å². The molecule has 0 saturated heterocycles. The van der Waals surface area contributed by atoms with Crippen molar-refractivity contribution in [3.05, 3.63) is 111 Å². The van der Waals surface area contributed by atoms with Gasteiger partial charge in [0, 0.05) is 5.56 Å². The molecule has 0 bridgehead atoms. The lowest BCUT2D eigenvalue weighted by atomic mass is 10.1. The molecule has 0 aromatic heterocycles. The zero-order valence-corrected chi connectivity index (χ0v) is 19.5. The minimum absolute atomic E-state index is 0.175. The summed E-state index contributed by atoms with van der Waals surface area (Å²) < 4.78 is 44.3. The molecule has 4 nitrogen and oxygen atoms in total. The molecule has 9 heteroatoms. The number of hydrogen-bond donors (Lipinski definition) is 1. The van der Waals surface area contributed by atoms with Crippen LogP contribution in [0.3, 0.4) is 0 Å². The Bertz CT molecular complexity index is 1400. The Morgan fingerprint density at radius 1 is 0.914 bits per heavy atom. The molecule has 0 unspecified atom stereocenters. The highest BCUT2D eigenvalue weighted by atomic mass is 35.5. The minimum Gasteiger partial charge on any atom is -0.486 e. The summed E-state index contributed by atoms with van der Waals surface area (Å²) in [6.45, 7) is 0.255. The third kappa shape index (κ3) is 6.12. The van der Waals surface area contributed by atoms with Gasteiger partial charge in [0.1, 0.15) is 6.61 Å². The fraction of sp³-hybridized carbons (Fsp3) is 0.0769. The molecule has 4 rings (SSSR count). The Labute approximate surface area is 208 Å². The van der Waals surface area contributed by atoms with Gasteiger partial charge in [0.25, 0.3) is 5.91 Å². The molecule has 0 spiro atoms. The summed E-state index contributed by atoms with van der Waals surface area (Å²) in [5.74, 6) is -0.494. The Hall–Kier alpha value is -3.55. The monoisotopic (exact) mass is 516 g/mol. The van der Waals surface area contributed by atoms with Crippen LogP contribution >= 0.6 is 23.2 Å². The van der Waals surface area contributed by atoms with Gasteiger partial charge in [-0.15, -0.1) is 0 Å². The lowest BCUT2D eigenvalue weighted by molar-refractivity contribution is -0.137. The highest BCUT2D eigenvalue weighted by molar-refractivity contribution is 6.37. The van der Waals surface area contributed by atoms with Gasteiger partial charge < -0.3 is 4.74 Å². The van der Waals surface area contributed by atoms with Gasteiger partial charge in [-0.1, -0.05) is 65.7 Å². The summed E-state index contributed by atoms with van der Waals surface area (Å²) in [4.78, 5) is 12.1. The van der Waals surface area contributed by atoms with Crippen LogP contribution in [0, 0.1) is 0 Å². The molecule has 0 heterocycles. The predicted molar refractivity (Wildman–Crippen MR) is 131 cm³/mol. The van der Waals surface area contributed by atoms with Gasteiger partial charge in [-0.25, -0.2) is 5.43 Å². The zero-order chi connectivity index (χ0) is 25.0. The van der Waals surface area contributed by atoms with Crippen molar-refractivity contribution < 1.29 is 22.7 Å². The molecule has 0 aliphatic heterocycles. The van der Waals surface area contributed by atoms with Crippen molar-refractivity contribution in [1.29, 1.82) is 0 Å². The first-order valence-electron chi connectivity index (χ1n) is 10.3. The van der Waals surface area contributed by atoms with Gasteiger partial charge in [0.2, 0.25) is 0 Å². The first-order valence-corrected chi connectivity index (χ1v) is 11.1. The second kappa shape index (κ2) is 10.4. The third-order valence-corrected chi connectivity index (χ3v) is 5.61. The van der Waals surface area contributed by atoms with E-state index in [4.69, 9.17) is 27.9 Å². The first-order chi connectivity index (χ1) is 16.7. The smallest absolute Gasteiger partial charge is 0.416 e. The molecule has 1 amide bonds. The average molecular weight is 517 g/mol. The summed E-state index contributed by atoms with van der Waals surface area (Å²) in [6.07, 6.45) is -3.28. The number of fused-ring (bicyclic) bond motifs is 1. The summed E-state index contributed by atoms with van der Waals surface area (Å²) >= 11 is 12.7. The number of benzene rings is 4. The van der Waals surface area contributed by atoms with Gasteiger partial charge in [0.05, 0.1) is 21.8 Å². The Balaban J connectivity index is 1.41. The van der Waals surface area contributed by atoms with E-state index in [1.807, 2.05) is 42.5 Å². The van der Waals surface area contributed by atoms with E-state index in [0.29, 0.717) is 11.3 Å². The fourth-order valence-electron chi connectivity index (χ4n) is 3.34. The molecule has 1 N–H and O–H groups in total. The van der Waals surface area contributed by atoms with Crippen molar-refractivity contribution in [1.82, 2.24) is 5.43 Å². The maximum atomic E-state index is 12.8. The van der Waals surface area contributed by atoms with E-state index in [0.717, 1.165) is 34.5 Å². The largest absolute Gasteiger partial charge is 0.486 e. The topological polar surface area (TPSA) is 50.7 Å².